The van der Waals surface area contributed by atoms with Crippen LogP contribution in [0, 0.1) is 0 Å². The second-order valence-electron chi connectivity index (χ2n) is 6.27. The Balaban J connectivity index is 2.03. The minimum Gasteiger partial charge on any atom is -0.477 e. The summed E-state index contributed by atoms with van der Waals surface area (Å²) in [7, 11) is 0. The van der Waals surface area contributed by atoms with Gasteiger partial charge in [0.25, 0.3) is 0 Å². The molecule has 0 unspecified atom stereocenters. The van der Waals surface area contributed by atoms with Gasteiger partial charge in [0.2, 0.25) is 5.91 Å². The van der Waals surface area contributed by atoms with Crippen LogP contribution in [0.1, 0.15) is 35.5 Å². The van der Waals surface area contributed by atoms with E-state index >= 15 is 0 Å². The van der Waals surface area contributed by atoms with Crippen LogP contribution in [0.15, 0.2) is 42.5 Å². The average molecular weight is 385 g/mol. The minimum absolute atomic E-state index is 0.0200. The van der Waals surface area contributed by atoms with Crippen molar-refractivity contribution in [2.24, 2.45) is 0 Å². The number of aromatic carboxylic acids is 1. The summed E-state index contributed by atoms with van der Waals surface area (Å²) in [5.41, 5.74) is 3.07. The third-order valence-electron chi connectivity index (χ3n) is 4.69. The van der Waals surface area contributed by atoms with Gasteiger partial charge in [-0.05, 0) is 43.2 Å². The van der Waals surface area contributed by atoms with Crippen LogP contribution in [0.25, 0.3) is 10.9 Å². The van der Waals surface area contributed by atoms with Gasteiger partial charge in [-0.1, -0.05) is 36.7 Å². The number of carboxylic acid groups (broad SMARTS) is 1. The number of carboxylic acids is 1. The van der Waals surface area contributed by atoms with Gasteiger partial charge in [-0.2, -0.15) is 0 Å². The van der Waals surface area contributed by atoms with Gasteiger partial charge in [0, 0.05) is 33.7 Å². The number of nitrogens with zero attached hydrogens (tertiary/aromatic N) is 1. The zero-order valence-corrected chi connectivity index (χ0v) is 16.0. The summed E-state index contributed by atoms with van der Waals surface area (Å²) < 4.78 is 0. The van der Waals surface area contributed by atoms with Gasteiger partial charge in [-0.3, -0.25) is 4.79 Å². The molecular formula is C21H21ClN2O3. The lowest BCUT2D eigenvalue weighted by Crippen LogP contribution is -2.33. The summed E-state index contributed by atoms with van der Waals surface area (Å²) >= 11 is 6.08. The molecule has 1 heterocycles. The van der Waals surface area contributed by atoms with Gasteiger partial charge >= 0.3 is 5.97 Å². The van der Waals surface area contributed by atoms with E-state index in [2.05, 4.69) is 4.98 Å². The molecule has 0 aliphatic carbocycles. The number of benzene rings is 2. The average Bonchev–Trinajstić information content (AvgIpc) is 3.01. The zero-order valence-electron chi connectivity index (χ0n) is 15.3. The first kappa shape index (κ1) is 19.0. The molecule has 0 aliphatic rings. The van der Waals surface area contributed by atoms with Crippen LogP contribution < -0.4 is 4.90 Å². The summed E-state index contributed by atoms with van der Waals surface area (Å²) in [6.07, 6.45) is 0.789. The van der Waals surface area contributed by atoms with Crippen molar-refractivity contribution in [2.75, 3.05) is 11.4 Å². The molecule has 0 aliphatic heterocycles. The molecule has 3 rings (SSSR count). The highest BCUT2D eigenvalue weighted by molar-refractivity contribution is 6.31. The Labute approximate surface area is 162 Å². The van der Waals surface area contributed by atoms with Crippen LogP contribution in [-0.4, -0.2) is 28.5 Å². The number of anilines is 1. The molecule has 0 radical (unpaired) electrons. The Bertz CT molecular complexity index is 1010. The molecule has 2 N–H and O–H groups in total. The van der Waals surface area contributed by atoms with E-state index in [1.807, 2.05) is 38.1 Å². The minimum atomic E-state index is -1.10. The number of H-pyrrole nitrogens is 1. The highest BCUT2D eigenvalue weighted by atomic mass is 35.5. The van der Waals surface area contributed by atoms with Crippen LogP contribution in [0.4, 0.5) is 5.69 Å². The quantitative estimate of drug-likeness (QED) is 0.648. The molecule has 0 saturated heterocycles. The van der Waals surface area contributed by atoms with E-state index in [1.165, 1.54) is 0 Å². The van der Waals surface area contributed by atoms with Crippen molar-refractivity contribution in [1.29, 1.82) is 0 Å². The number of para-hydroxylation sites is 1. The third-order valence-corrected chi connectivity index (χ3v) is 4.93. The topological polar surface area (TPSA) is 73.4 Å². The first-order chi connectivity index (χ1) is 13.0. The number of aromatic amines is 1. The maximum absolute atomic E-state index is 13.1. The first-order valence-corrected chi connectivity index (χ1v) is 9.25. The molecule has 27 heavy (non-hydrogen) atoms. The molecule has 0 saturated carbocycles. The smallest absolute Gasteiger partial charge is 0.352 e. The molecule has 0 fully saturated rings. The molecule has 2 aromatic carbocycles. The Kier molecular flexibility index (Phi) is 5.51. The van der Waals surface area contributed by atoms with Gasteiger partial charge in [-0.25, -0.2) is 4.79 Å². The number of aromatic nitrogens is 1. The Hall–Kier alpha value is -2.79. The molecule has 6 heteroatoms. The molecule has 1 aromatic heterocycles. The highest BCUT2D eigenvalue weighted by Crippen LogP contribution is 2.28. The zero-order chi connectivity index (χ0) is 19.6. The lowest BCUT2D eigenvalue weighted by molar-refractivity contribution is -0.117. The van der Waals surface area contributed by atoms with Crippen molar-refractivity contribution in [3.8, 4) is 0 Å². The number of likely N-dealkylation sites (N-methyl/N-ethyl adjacent to an activating group) is 1. The largest absolute Gasteiger partial charge is 0.477 e. The van der Waals surface area contributed by atoms with Gasteiger partial charge in [-0.15, -0.1) is 0 Å². The van der Waals surface area contributed by atoms with Gasteiger partial charge in [0.05, 0.1) is 6.42 Å². The Morgan fingerprint density at radius 2 is 1.89 bits per heavy atom. The lowest BCUT2D eigenvalue weighted by atomic mass is 10.0. The number of fused-ring (bicyclic) bond motifs is 1. The fraction of sp³-hybridized carbons (Fsp3) is 0.238. The van der Waals surface area contributed by atoms with E-state index in [0.29, 0.717) is 28.0 Å². The molecule has 0 atom stereocenters. The normalized spacial score (nSPS) is 10.9. The van der Waals surface area contributed by atoms with Crippen molar-refractivity contribution in [1.82, 2.24) is 4.98 Å². The molecule has 0 bridgehead atoms. The molecule has 5 nitrogen and oxygen atoms in total. The predicted octanol–water partition coefficient (Wildman–Crippen LogP) is 4.68. The number of amides is 1. The summed E-state index contributed by atoms with van der Waals surface area (Å²) in [6.45, 7) is 4.46. The number of rotatable bonds is 6. The fourth-order valence-corrected chi connectivity index (χ4v) is 3.56. The van der Waals surface area contributed by atoms with Crippen LogP contribution in [0.2, 0.25) is 5.02 Å². The summed E-state index contributed by atoms with van der Waals surface area (Å²) in [5.74, 6) is -1.25. The van der Waals surface area contributed by atoms with Crippen molar-refractivity contribution in [2.45, 2.75) is 26.7 Å². The van der Waals surface area contributed by atoms with Gasteiger partial charge in [0.1, 0.15) is 5.69 Å². The van der Waals surface area contributed by atoms with E-state index in [0.717, 1.165) is 17.7 Å². The number of hydrogen-bond acceptors (Lipinski definition) is 2. The number of halogens is 1. The monoisotopic (exact) mass is 384 g/mol. The highest BCUT2D eigenvalue weighted by Gasteiger charge is 2.23. The number of aryl methyl sites for hydroxylation is 1. The fourth-order valence-electron chi connectivity index (χ4n) is 3.39. The van der Waals surface area contributed by atoms with Gasteiger partial charge < -0.3 is 15.0 Å². The second-order valence-corrected chi connectivity index (χ2v) is 6.71. The van der Waals surface area contributed by atoms with E-state index in [4.69, 9.17) is 11.6 Å². The van der Waals surface area contributed by atoms with Crippen molar-refractivity contribution < 1.29 is 14.7 Å². The molecule has 1 amide bonds. The van der Waals surface area contributed by atoms with Crippen LogP contribution >= 0.6 is 11.6 Å². The number of hydrogen-bond donors (Lipinski definition) is 2. The second kappa shape index (κ2) is 7.84. The molecule has 140 valence electrons. The number of nitrogens with one attached hydrogen (secondary N) is 1. The van der Waals surface area contributed by atoms with Crippen molar-refractivity contribution in [3.63, 3.8) is 0 Å². The number of carbonyl (C=O) groups is 2. The summed E-state index contributed by atoms with van der Waals surface area (Å²) in [4.78, 5) is 29.4. The van der Waals surface area contributed by atoms with Gasteiger partial charge in [0.15, 0.2) is 0 Å². The lowest BCUT2D eigenvalue weighted by Gasteiger charge is -2.24. The first-order valence-electron chi connectivity index (χ1n) is 8.87. The molecule has 0 spiro atoms. The van der Waals surface area contributed by atoms with Crippen molar-refractivity contribution >= 4 is 40.1 Å². The molecule has 3 aromatic rings. The molecular weight excluding hydrogens is 364 g/mol. The van der Waals surface area contributed by atoms with Crippen molar-refractivity contribution in [3.05, 3.63) is 64.3 Å². The summed E-state index contributed by atoms with van der Waals surface area (Å²) in [5, 5.41) is 10.7. The van der Waals surface area contributed by atoms with Crippen LogP contribution in [-0.2, 0) is 17.6 Å². The third kappa shape index (κ3) is 3.69. The maximum atomic E-state index is 13.1. The maximum Gasteiger partial charge on any atom is 0.352 e. The van der Waals surface area contributed by atoms with Crippen LogP contribution in [0.3, 0.4) is 0 Å². The van der Waals surface area contributed by atoms with Crippen LogP contribution in [0.5, 0.6) is 0 Å². The summed E-state index contributed by atoms with van der Waals surface area (Å²) in [6, 6.07) is 12.9. The van der Waals surface area contributed by atoms with E-state index in [-0.39, 0.29) is 18.0 Å². The predicted molar refractivity (Wildman–Crippen MR) is 108 cm³/mol. The Morgan fingerprint density at radius 1 is 1.15 bits per heavy atom. The van der Waals surface area contributed by atoms with E-state index < -0.39 is 5.97 Å². The van der Waals surface area contributed by atoms with E-state index in [9.17, 15) is 14.7 Å². The standard InChI is InChI=1S/C21H21ClN2O3/c1-3-13-7-5-6-8-18(13)24(4-2)19(25)12-16-15-11-14(22)9-10-17(15)23-20(16)21(26)27/h5-11,23H,3-4,12H2,1-2H3,(H,26,27). The van der Waals surface area contributed by atoms with E-state index in [1.54, 1.807) is 23.1 Å². The SMILES string of the molecule is CCc1ccccc1N(CC)C(=O)Cc1c(C(=O)O)[nH]c2ccc(Cl)cc12. The Morgan fingerprint density at radius 3 is 2.56 bits per heavy atom. The number of carbonyl (C=O) groups excluding carboxylic acids is 1.